The van der Waals surface area contributed by atoms with E-state index in [1.54, 1.807) is 6.92 Å². The largest absolute Gasteiger partial charge is 0.481 e. The summed E-state index contributed by atoms with van der Waals surface area (Å²) in [6.45, 7) is 4.64. The van der Waals surface area contributed by atoms with Crippen molar-refractivity contribution in [1.82, 2.24) is 0 Å². The monoisotopic (exact) mass is 297 g/mol. The van der Waals surface area contributed by atoms with Crippen molar-refractivity contribution in [2.75, 3.05) is 11.4 Å². The van der Waals surface area contributed by atoms with Gasteiger partial charge in [-0.1, -0.05) is 49.7 Å². The molecule has 0 aliphatic carbocycles. The van der Waals surface area contributed by atoms with Crippen molar-refractivity contribution in [3.05, 3.63) is 60.7 Å². The van der Waals surface area contributed by atoms with E-state index in [2.05, 4.69) is 6.92 Å². The Kier molecular flexibility index (Phi) is 6.01. The molecule has 0 fully saturated rings. The zero-order valence-corrected chi connectivity index (χ0v) is 13.2. The first-order valence-corrected chi connectivity index (χ1v) is 7.80. The first-order valence-electron chi connectivity index (χ1n) is 7.80. The molecule has 2 rings (SSSR count). The highest BCUT2D eigenvalue weighted by Gasteiger charge is 2.22. The first-order chi connectivity index (χ1) is 10.7. The van der Waals surface area contributed by atoms with Gasteiger partial charge in [0, 0.05) is 12.2 Å². The molecule has 0 unspecified atom stereocenters. The number of para-hydroxylation sites is 2. The highest BCUT2D eigenvalue weighted by atomic mass is 16.5. The van der Waals surface area contributed by atoms with Gasteiger partial charge < -0.3 is 9.64 Å². The predicted molar refractivity (Wildman–Crippen MR) is 90.2 cm³/mol. The van der Waals surface area contributed by atoms with Crippen LogP contribution in [0.15, 0.2) is 60.7 Å². The van der Waals surface area contributed by atoms with Gasteiger partial charge in [0.15, 0.2) is 6.10 Å². The van der Waals surface area contributed by atoms with Gasteiger partial charge in [-0.05, 0) is 37.6 Å². The predicted octanol–water partition coefficient (Wildman–Crippen LogP) is 4.29. The molecule has 3 heteroatoms. The number of hydrogen-bond acceptors (Lipinski definition) is 2. The molecule has 116 valence electrons. The van der Waals surface area contributed by atoms with Crippen molar-refractivity contribution >= 4 is 11.6 Å². The summed E-state index contributed by atoms with van der Waals surface area (Å²) < 4.78 is 5.77. The number of rotatable bonds is 7. The number of amides is 1. The van der Waals surface area contributed by atoms with Crippen LogP contribution < -0.4 is 9.64 Å². The molecule has 0 bridgehead atoms. The standard InChI is InChI=1S/C19H23NO2/c1-3-4-15-20(17-11-7-5-8-12-17)19(21)16(2)22-18-13-9-6-10-14-18/h5-14,16H,3-4,15H2,1-2H3/t16-/m1/s1. The van der Waals surface area contributed by atoms with Gasteiger partial charge in [0.2, 0.25) is 0 Å². The fraction of sp³-hybridized carbons (Fsp3) is 0.316. The van der Waals surface area contributed by atoms with Gasteiger partial charge in [-0.25, -0.2) is 0 Å². The van der Waals surface area contributed by atoms with Gasteiger partial charge in [-0.15, -0.1) is 0 Å². The van der Waals surface area contributed by atoms with Crippen LogP contribution in [0.2, 0.25) is 0 Å². The Morgan fingerprint density at radius 3 is 2.23 bits per heavy atom. The van der Waals surface area contributed by atoms with Gasteiger partial charge in [0.1, 0.15) is 5.75 Å². The van der Waals surface area contributed by atoms with Crippen LogP contribution in [0.5, 0.6) is 5.75 Å². The molecule has 3 nitrogen and oxygen atoms in total. The van der Waals surface area contributed by atoms with Crippen molar-refractivity contribution in [2.24, 2.45) is 0 Å². The molecule has 1 amide bonds. The van der Waals surface area contributed by atoms with Crippen LogP contribution in [0.4, 0.5) is 5.69 Å². The van der Waals surface area contributed by atoms with Crippen LogP contribution in [0.25, 0.3) is 0 Å². The lowest BCUT2D eigenvalue weighted by Gasteiger charge is -2.26. The van der Waals surface area contributed by atoms with Gasteiger partial charge in [0.25, 0.3) is 5.91 Å². The fourth-order valence-corrected chi connectivity index (χ4v) is 2.26. The molecule has 0 heterocycles. The highest BCUT2D eigenvalue weighted by molar-refractivity contribution is 5.96. The minimum absolute atomic E-state index is 0.0106. The molecule has 0 N–H and O–H groups in total. The summed E-state index contributed by atoms with van der Waals surface area (Å²) in [5.41, 5.74) is 0.921. The highest BCUT2D eigenvalue weighted by Crippen LogP contribution is 2.18. The minimum Gasteiger partial charge on any atom is -0.481 e. The Labute approximate surface area is 132 Å². The van der Waals surface area contributed by atoms with E-state index < -0.39 is 6.10 Å². The van der Waals surface area contributed by atoms with Crippen LogP contribution in [-0.4, -0.2) is 18.6 Å². The maximum Gasteiger partial charge on any atom is 0.267 e. The smallest absolute Gasteiger partial charge is 0.267 e. The summed E-state index contributed by atoms with van der Waals surface area (Å²) in [6.07, 6.45) is 1.50. The number of nitrogens with zero attached hydrogens (tertiary/aromatic N) is 1. The van der Waals surface area contributed by atoms with Gasteiger partial charge >= 0.3 is 0 Å². The third kappa shape index (κ3) is 4.35. The van der Waals surface area contributed by atoms with E-state index in [0.29, 0.717) is 12.3 Å². The molecule has 1 atom stereocenters. The Balaban J connectivity index is 2.11. The molecule has 0 aliphatic rings. The van der Waals surface area contributed by atoms with E-state index in [4.69, 9.17) is 4.74 Å². The van der Waals surface area contributed by atoms with Crippen LogP contribution in [0.3, 0.4) is 0 Å². The first kappa shape index (κ1) is 16.1. The second kappa shape index (κ2) is 8.23. The molecule has 2 aromatic rings. The SMILES string of the molecule is CCCCN(C(=O)[C@@H](C)Oc1ccccc1)c1ccccc1. The second-order valence-corrected chi connectivity index (χ2v) is 5.25. The van der Waals surface area contributed by atoms with Crippen molar-refractivity contribution in [3.8, 4) is 5.75 Å². The third-order valence-corrected chi connectivity index (χ3v) is 3.47. The van der Waals surface area contributed by atoms with Crippen molar-refractivity contribution in [1.29, 1.82) is 0 Å². The summed E-state index contributed by atoms with van der Waals surface area (Å²) in [5, 5.41) is 0. The van der Waals surface area contributed by atoms with E-state index in [9.17, 15) is 4.79 Å². The van der Waals surface area contributed by atoms with Crippen LogP contribution in [0.1, 0.15) is 26.7 Å². The topological polar surface area (TPSA) is 29.5 Å². The third-order valence-electron chi connectivity index (χ3n) is 3.47. The number of anilines is 1. The number of benzene rings is 2. The lowest BCUT2D eigenvalue weighted by molar-refractivity contribution is -0.124. The number of carbonyl (C=O) groups excluding carboxylic acids is 1. The quantitative estimate of drug-likeness (QED) is 0.763. The average Bonchev–Trinajstić information content (AvgIpc) is 2.57. The molecular formula is C19H23NO2. The lowest BCUT2D eigenvalue weighted by Crippen LogP contribution is -2.41. The van der Waals surface area contributed by atoms with Crippen molar-refractivity contribution < 1.29 is 9.53 Å². The molecule has 22 heavy (non-hydrogen) atoms. The zero-order valence-electron chi connectivity index (χ0n) is 13.2. The van der Waals surface area contributed by atoms with E-state index in [1.165, 1.54) is 0 Å². The number of ether oxygens (including phenoxy) is 1. The van der Waals surface area contributed by atoms with Gasteiger partial charge in [-0.3, -0.25) is 4.79 Å². The Hall–Kier alpha value is -2.29. The summed E-state index contributed by atoms with van der Waals surface area (Å²) in [6, 6.07) is 19.2. The maximum atomic E-state index is 12.8. The molecule has 0 spiro atoms. The summed E-state index contributed by atoms with van der Waals surface area (Å²) in [4.78, 5) is 14.6. The fourth-order valence-electron chi connectivity index (χ4n) is 2.26. The molecule has 0 aliphatic heterocycles. The summed E-state index contributed by atoms with van der Waals surface area (Å²) >= 11 is 0. The van der Waals surface area contributed by atoms with Gasteiger partial charge in [0.05, 0.1) is 0 Å². The van der Waals surface area contributed by atoms with Crippen LogP contribution >= 0.6 is 0 Å². The Morgan fingerprint density at radius 1 is 1.05 bits per heavy atom. The van der Waals surface area contributed by atoms with Crippen LogP contribution in [-0.2, 0) is 4.79 Å². The van der Waals surface area contributed by atoms with Gasteiger partial charge in [-0.2, -0.15) is 0 Å². The molecule has 0 saturated heterocycles. The lowest BCUT2D eigenvalue weighted by atomic mass is 10.2. The Bertz CT molecular complexity index is 569. The Morgan fingerprint density at radius 2 is 1.64 bits per heavy atom. The zero-order chi connectivity index (χ0) is 15.8. The second-order valence-electron chi connectivity index (χ2n) is 5.25. The van der Waals surface area contributed by atoms with E-state index in [-0.39, 0.29) is 5.91 Å². The molecule has 2 aromatic carbocycles. The number of carbonyl (C=O) groups is 1. The van der Waals surface area contributed by atoms with E-state index in [1.807, 2.05) is 65.6 Å². The van der Waals surface area contributed by atoms with Crippen molar-refractivity contribution in [3.63, 3.8) is 0 Å². The van der Waals surface area contributed by atoms with Crippen LogP contribution in [0, 0.1) is 0 Å². The van der Waals surface area contributed by atoms with Crippen molar-refractivity contribution in [2.45, 2.75) is 32.8 Å². The number of hydrogen-bond donors (Lipinski definition) is 0. The average molecular weight is 297 g/mol. The maximum absolute atomic E-state index is 12.8. The molecular weight excluding hydrogens is 274 g/mol. The normalized spacial score (nSPS) is 11.7. The van der Waals surface area contributed by atoms with E-state index in [0.717, 1.165) is 18.5 Å². The van der Waals surface area contributed by atoms with E-state index >= 15 is 0 Å². The number of unbranched alkanes of at least 4 members (excludes halogenated alkanes) is 1. The summed E-state index contributed by atoms with van der Waals surface area (Å²) in [5.74, 6) is 0.704. The summed E-state index contributed by atoms with van der Waals surface area (Å²) in [7, 11) is 0. The molecule has 0 aromatic heterocycles. The minimum atomic E-state index is -0.514. The molecule has 0 saturated carbocycles. The molecule has 0 radical (unpaired) electrons.